The predicted octanol–water partition coefficient (Wildman–Crippen LogP) is 2.69. The highest BCUT2D eigenvalue weighted by Crippen LogP contribution is 2.34. The van der Waals surface area contributed by atoms with E-state index >= 15 is 0 Å². The third-order valence-electron chi connectivity index (χ3n) is 4.60. The molecule has 1 aliphatic heterocycles. The number of nitrogens with zero attached hydrogens (tertiary/aromatic N) is 3. The molecule has 1 atom stereocenters. The van der Waals surface area contributed by atoms with Crippen LogP contribution in [0.4, 0.5) is 5.82 Å². The Balaban J connectivity index is 1.76. The van der Waals surface area contributed by atoms with Crippen LogP contribution < -0.4 is 11.1 Å². The Hall–Kier alpha value is -3.25. The van der Waals surface area contributed by atoms with Crippen LogP contribution in [0.2, 0.25) is 0 Å². The maximum absolute atomic E-state index is 12.3. The largest absolute Gasteiger partial charge is 0.349 e. The summed E-state index contributed by atoms with van der Waals surface area (Å²) < 4.78 is 1.85. The highest BCUT2D eigenvalue weighted by Gasteiger charge is 2.27. The first-order valence-corrected chi connectivity index (χ1v) is 9.02. The van der Waals surface area contributed by atoms with Gasteiger partial charge in [-0.15, -0.1) is 0 Å². The summed E-state index contributed by atoms with van der Waals surface area (Å²) in [7, 11) is 0. The average Bonchev–Trinajstić information content (AvgIpc) is 3.17. The topological polar surface area (TPSA) is 85.3 Å². The molecule has 1 aliphatic rings. The second kappa shape index (κ2) is 7.55. The molecule has 0 fully saturated rings. The quantitative estimate of drug-likeness (QED) is 0.734. The molecule has 1 unspecified atom stereocenters. The van der Waals surface area contributed by atoms with Crippen molar-refractivity contribution >= 4 is 17.4 Å². The Morgan fingerprint density at radius 2 is 1.81 bits per heavy atom. The number of rotatable bonds is 5. The van der Waals surface area contributed by atoms with Crippen LogP contribution in [0.15, 0.2) is 71.7 Å². The van der Waals surface area contributed by atoms with Crippen LogP contribution in [-0.4, -0.2) is 34.5 Å². The van der Waals surface area contributed by atoms with Gasteiger partial charge in [0.15, 0.2) is 11.5 Å². The van der Waals surface area contributed by atoms with Crippen LogP contribution in [-0.2, 0) is 0 Å². The first kappa shape index (κ1) is 17.2. The van der Waals surface area contributed by atoms with Crippen LogP contribution in [0.1, 0.15) is 34.1 Å². The van der Waals surface area contributed by atoms with Gasteiger partial charge in [-0.25, -0.2) is 9.67 Å². The second-order valence-electron chi connectivity index (χ2n) is 6.43. The summed E-state index contributed by atoms with van der Waals surface area (Å²) in [6.45, 7) is 0.809. The van der Waals surface area contributed by atoms with Gasteiger partial charge in [0.1, 0.15) is 0 Å². The molecule has 3 aromatic rings. The standard InChI is InChI=1S/C21H21N5O/c22-11-12-23-21(27)18-14-20-24-17(15-7-3-1-4-8-15)13-19(26(20)25-18)16-9-5-2-6-10-16/h1-10,14,19H,11-13,22H2,(H,23,27). The van der Waals surface area contributed by atoms with Gasteiger partial charge in [-0.1, -0.05) is 60.7 Å². The van der Waals surface area contributed by atoms with Crippen molar-refractivity contribution < 1.29 is 4.79 Å². The molecular weight excluding hydrogens is 338 g/mol. The van der Waals surface area contributed by atoms with Crippen LogP contribution in [0.5, 0.6) is 0 Å². The maximum atomic E-state index is 12.3. The summed E-state index contributed by atoms with van der Waals surface area (Å²) in [6.07, 6.45) is 0.715. The Labute approximate surface area is 157 Å². The van der Waals surface area contributed by atoms with Crippen LogP contribution in [0.25, 0.3) is 0 Å². The van der Waals surface area contributed by atoms with Gasteiger partial charge in [-0.05, 0) is 11.1 Å². The first-order chi connectivity index (χ1) is 13.3. The lowest BCUT2D eigenvalue weighted by atomic mass is 9.96. The average molecular weight is 359 g/mol. The van der Waals surface area contributed by atoms with E-state index in [9.17, 15) is 4.79 Å². The zero-order chi connectivity index (χ0) is 18.6. The molecule has 0 radical (unpaired) electrons. The highest BCUT2D eigenvalue weighted by molar-refractivity contribution is 6.03. The summed E-state index contributed by atoms with van der Waals surface area (Å²) in [4.78, 5) is 17.1. The zero-order valence-electron chi connectivity index (χ0n) is 14.9. The summed E-state index contributed by atoms with van der Waals surface area (Å²) in [6, 6.07) is 22.0. The fourth-order valence-corrected chi connectivity index (χ4v) is 3.29. The molecule has 136 valence electrons. The van der Waals surface area contributed by atoms with Crippen molar-refractivity contribution in [1.82, 2.24) is 15.1 Å². The Morgan fingerprint density at radius 3 is 2.52 bits per heavy atom. The van der Waals surface area contributed by atoms with E-state index in [1.165, 1.54) is 0 Å². The van der Waals surface area contributed by atoms with Crippen molar-refractivity contribution in [1.29, 1.82) is 0 Å². The van der Waals surface area contributed by atoms with Gasteiger partial charge >= 0.3 is 0 Å². The Kier molecular flexibility index (Phi) is 4.80. The predicted molar refractivity (Wildman–Crippen MR) is 105 cm³/mol. The maximum Gasteiger partial charge on any atom is 0.271 e. The molecule has 0 saturated carbocycles. The van der Waals surface area contributed by atoms with E-state index in [4.69, 9.17) is 10.7 Å². The molecule has 0 spiro atoms. The van der Waals surface area contributed by atoms with Crippen LogP contribution >= 0.6 is 0 Å². The van der Waals surface area contributed by atoms with Crippen molar-refractivity contribution in [3.8, 4) is 0 Å². The molecule has 6 nitrogen and oxygen atoms in total. The van der Waals surface area contributed by atoms with E-state index < -0.39 is 0 Å². The molecule has 0 aliphatic carbocycles. The third kappa shape index (κ3) is 3.52. The minimum atomic E-state index is -0.231. The summed E-state index contributed by atoms with van der Waals surface area (Å²) in [5.74, 6) is 0.456. The lowest BCUT2D eigenvalue weighted by molar-refractivity contribution is 0.0948. The summed E-state index contributed by atoms with van der Waals surface area (Å²) in [5.41, 5.74) is 9.04. The fraction of sp³-hybridized carbons (Fsp3) is 0.190. The van der Waals surface area contributed by atoms with Gasteiger partial charge in [-0.2, -0.15) is 5.10 Å². The van der Waals surface area contributed by atoms with E-state index in [1.807, 2.05) is 41.1 Å². The smallest absolute Gasteiger partial charge is 0.271 e. The number of hydrogen-bond donors (Lipinski definition) is 2. The lowest BCUT2D eigenvalue weighted by Gasteiger charge is -2.24. The number of benzene rings is 2. The molecule has 4 rings (SSSR count). The molecule has 0 saturated heterocycles. The van der Waals surface area contributed by atoms with Crippen molar-refractivity contribution in [3.05, 3.63) is 83.6 Å². The van der Waals surface area contributed by atoms with Gasteiger partial charge in [0.05, 0.1) is 11.8 Å². The molecular formula is C21H21N5O. The SMILES string of the molecule is NCCNC(=O)c1cc2n(n1)C(c1ccccc1)CC(c1ccccc1)=N2. The first-order valence-electron chi connectivity index (χ1n) is 9.02. The Morgan fingerprint density at radius 1 is 1.11 bits per heavy atom. The number of nitrogens with one attached hydrogen (secondary N) is 1. The molecule has 1 aromatic heterocycles. The van der Waals surface area contributed by atoms with Crippen LogP contribution in [0.3, 0.4) is 0 Å². The highest BCUT2D eigenvalue weighted by atomic mass is 16.1. The third-order valence-corrected chi connectivity index (χ3v) is 4.60. The number of carbonyl (C=O) groups is 1. The number of hydrogen-bond acceptors (Lipinski definition) is 4. The lowest BCUT2D eigenvalue weighted by Crippen LogP contribution is -2.29. The second-order valence-corrected chi connectivity index (χ2v) is 6.43. The Bertz CT molecular complexity index is 963. The molecule has 2 aromatic carbocycles. The number of carbonyl (C=O) groups excluding carboxylic acids is 1. The van der Waals surface area contributed by atoms with E-state index in [0.717, 1.165) is 16.8 Å². The van der Waals surface area contributed by atoms with Gasteiger partial charge in [0.2, 0.25) is 0 Å². The molecule has 6 heteroatoms. The van der Waals surface area contributed by atoms with Gasteiger partial charge < -0.3 is 11.1 Å². The molecule has 27 heavy (non-hydrogen) atoms. The summed E-state index contributed by atoms with van der Waals surface area (Å²) in [5, 5.41) is 7.31. The van der Waals surface area contributed by atoms with E-state index in [1.54, 1.807) is 6.07 Å². The fourth-order valence-electron chi connectivity index (χ4n) is 3.29. The van der Waals surface area contributed by atoms with Crippen molar-refractivity contribution in [2.45, 2.75) is 12.5 Å². The number of amides is 1. The number of aliphatic imine (C=N–C) groups is 1. The minimum absolute atomic E-state index is 0.00929. The van der Waals surface area contributed by atoms with E-state index in [2.05, 4.69) is 34.7 Å². The van der Waals surface area contributed by atoms with Gasteiger partial charge in [0.25, 0.3) is 5.91 Å². The van der Waals surface area contributed by atoms with Crippen molar-refractivity contribution in [2.24, 2.45) is 10.7 Å². The van der Waals surface area contributed by atoms with Crippen LogP contribution in [0, 0.1) is 0 Å². The molecule has 1 amide bonds. The van der Waals surface area contributed by atoms with E-state index in [-0.39, 0.29) is 11.9 Å². The van der Waals surface area contributed by atoms with Crippen molar-refractivity contribution in [2.75, 3.05) is 13.1 Å². The molecule has 2 heterocycles. The van der Waals surface area contributed by atoms with E-state index in [0.29, 0.717) is 31.0 Å². The number of nitrogens with two attached hydrogens (primary N) is 1. The normalized spacial score (nSPS) is 15.7. The van der Waals surface area contributed by atoms with Gasteiger partial charge in [0, 0.05) is 25.6 Å². The summed E-state index contributed by atoms with van der Waals surface area (Å²) >= 11 is 0. The monoisotopic (exact) mass is 359 g/mol. The molecule has 0 bridgehead atoms. The van der Waals surface area contributed by atoms with Gasteiger partial charge in [-0.3, -0.25) is 4.79 Å². The number of aromatic nitrogens is 2. The minimum Gasteiger partial charge on any atom is -0.349 e. The zero-order valence-corrected chi connectivity index (χ0v) is 14.9. The number of fused-ring (bicyclic) bond motifs is 1. The molecule has 3 N–H and O–H groups in total. The van der Waals surface area contributed by atoms with Crippen molar-refractivity contribution in [3.63, 3.8) is 0 Å².